The van der Waals surface area contributed by atoms with Crippen LogP contribution in [-0.2, 0) is 28.6 Å². The Morgan fingerprint density at radius 1 is 1.00 bits per heavy atom. The number of benzene rings is 2. The summed E-state index contributed by atoms with van der Waals surface area (Å²) in [4.78, 5) is 0. The first-order valence-corrected chi connectivity index (χ1v) is 10.8. The average Bonchev–Trinajstić information content (AvgIpc) is 2.61. The summed E-state index contributed by atoms with van der Waals surface area (Å²) in [5, 5.41) is 0. The van der Waals surface area contributed by atoms with Crippen molar-refractivity contribution in [1.29, 1.82) is 0 Å². The normalized spacial score (nSPS) is 15.6. The van der Waals surface area contributed by atoms with Gasteiger partial charge in [-0.05, 0) is 61.3 Å². The van der Waals surface area contributed by atoms with Gasteiger partial charge in [-0.2, -0.15) is 0 Å². The maximum atomic E-state index is 12.6. The molecule has 3 nitrogen and oxygen atoms in total. The highest BCUT2D eigenvalue weighted by atomic mass is 32.2. The summed E-state index contributed by atoms with van der Waals surface area (Å²) in [6.45, 7) is 4.03. The Bertz CT molecular complexity index is 825. The molecule has 1 aliphatic rings. The van der Waals surface area contributed by atoms with E-state index >= 15 is 0 Å². The molecule has 0 saturated carbocycles. The van der Waals surface area contributed by atoms with E-state index in [1.807, 2.05) is 38.1 Å². The zero-order chi connectivity index (χ0) is 17.9. The highest BCUT2D eigenvalue weighted by Crippen LogP contribution is 2.26. The molecule has 0 aromatic heterocycles. The predicted molar refractivity (Wildman–Crippen MR) is 103 cm³/mol. The molecule has 0 fully saturated rings. The molecule has 0 saturated heterocycles. The van der Waals surface area contributed by atoms with Crippen LogP contribution in [0.1, 0.15) is 60.0 Å². The smallest absolute Gasteiger partial charge is 0.212 e. The highest BCUT2D eigenvalue weighted by Gasteiger charge is 2.20. The van der Waals surface area contributed by atoms with Crippen molar-refractivity contribution in [2.24, 2.45) is 0 Å². The summed E-state index contributed by atoms with van der Waals surface area (Å²) in [5.74, 6) is 0.0225. The lowest BCUT2D eigenvalue weighted by Crippen LogP contribution is -2.29. The first-order chi connectivity index (χ1) is 12.0. The molecular formula is C21H27NO2S. The molecule has 1 aliphatic carbocycles. The molecule has 0 aliphatic heterocycles. The number of hydrogen-bond donors (Lipinski definition) is 1. The molecule has 25 heavy (non-hydrogen) atoms. The topological polar surface area (TPSA) is 46.2 Å². The van der Waals surface area contributed by atoms with Gasteiger partial charge in [0, 0.05) is 6.04 Å². The molecule has 134 valence electrons. The van der Waals surface area contributed by atoms with Crippen LogP contribution in [0.3, 0.4) is 0 Å². The molecule has 2 aromatic rings. The van der Waals surface area contributed by atoms with Gasteiger partial charge < -0.3 is 0 Å². The minimum atomic E-state index is -3.38. The van der Waals surface area contributed by atoms with Gasteiger partial charge in [0.15, 0.2) is 0 Å². The van der Waals surface area contributed by atoms with Gasteiger partial charge in [-0.3, -0.25) is 0 Å². The summed E-state index contributed by atoms with van der Waals surface area (Å²) < 4.78 is 28.1. The molecule has 0 spiro atoms. The number of fused-ring (bicyclic) bond motifs is 1. The second-order valence-corrected chi connectivity index (χ2v) is 8.81. The fourth-order valence-corrected chi connectivity index (χ4v) is 4.97. The summed E-state index contributed by atoms with van der Waals surface area (Å²) in [7, 11) is -3.38. The second-order valence-electron chi connectivity index (χ2n) is 7.06. The molecule has 1 N–H and O–H groups in total. The van der Waals surface area contributed by atoms with Crippen LogP contribution in [0.5, 0.6) is 0 Å². The Morgan fingerprint density at radius 3 is 2.36 bits per heavy atom. The maximum absolute atomic E-state index is 12.6. The van der Waals surface area contributed by atoms with E-state index in [1.54, 1.807) is 0 Å². The van der Waals surface area contributed by atoms with Crippen LogP contribution in [0.2, 0.25) is 0 Å². The summed E-state index contributed by atoms with van der Waals surface area (Å²) >= 11 is 0. The lowest BCUT2D eigenvalue weighted by molar-refractivity contribution is 0.548. The molecule has 4 heteroatoms. The quantitative estimate of drug-likeness (QED) is 0.830. The third kappa shape index (κ3) is 4.71. The molecule has 0 amide bonds. The lowest BCUT2D eigenvalue weighted by Gasteiger charge is -2.21. The number of aryl methyl sites for hydroxylation is 3. The molecule has 0 bridgehead atoms. The largest absolute Gasteiger partial charge is 0.216 e. The van der Waals surface area contributed by atoms with Gasteiger partial charge in [-0.1, -0.05) is 55.0 Å². The molecule has 0 radical (unpaired) electrons. The number of rotatable bonds is 6. The standard InChI is InChI=1S/C21H27NO2S/c1-3-21(20-13-12-18-6-4-5-7-19(18)14-20)22-25(23,24)15-17-10-8-16(2)9-11-17/h8-14,21-22H,3-7,15H2,1-2H3/t21-/m1/s1. The van der Waals surface area contributed by atoms with Crippen molar-refractivity contribution in [1.82, 2.24) is 4.72 Å². The molecule has 3 rings (SSSR count). The first-order valence-electron chi connectivity index (χ1n) is 9.14. The predicted octanol–water partition coefficient (Wildman–Crippen LogP) is 4.44. The van der Waals surface area contributed by atoms with E-state index in [0.29, 0.717) is 0 Å². The first kappa shape index (κ1) is 18.2. The van der Waals surface area contributed by atoms with Gasteiger partial charge in [0.2, 0.25) is 10.0 Å². The number of hydrogen-bond acceptors (Lipinski definition) is 2. The second kappa shape index (κ2) is 7.71. The van der Waals surface area contributed by atoms with Crippen LogP contribution in [0.25, 0.3) is 0 Å². The molecule has 0 unspecified atom stereocenters. The monoisotopic (exact) mass is 357 g/mol. The van der Waals surface area contributed by atoms with Crippen molar-refractivity contribution in [3.63, 3.8) is 0 Å². The van der Waals surface area contributed by atoms with E-state index in [9.17, 15) is 8.42 Å². The van der Waals surface area contributed by atoms with Crippen molar-refractivity contribution >= 4 is 10.0 Å². The third-order valence-corrected chi connectivity index (χ3v) is 6.34. The highest BCUT2D eigenvalue weighted by molar-refractivity contribution is 7.88. The Balaban J connectivity index is 1.75. The summed E-state index contributed by atoms with van der Waals surface area (Å²) in [6.07, 6.45) is 5.48. The fraction of sp³-hybridized carbons (Fsp3) is 0.429. The minimum absolute atomic E-state index is 0.0225. The van der Waals surface area contributed by atoms with E-state index in [2.05, 4.69) is 22.9 Å². The SMILES string of the molecule is CC[C@@H](NS(=O)(=O)Cc1ccc(C)cc1)c1ccc2c(c1)CCCC2. The number of sulfonamides is 1. The van der Waals surface area contributed by atoms with Crippen LogP contribution in [0.15, 0.2) is 42.5 Å². The van der Waals surface area contributed by atoms with Gasteiger partial charge >= 0.3 is 0 Å². The fourth-order valence-electron chi connectivity index (χ4n) is 3.52. The van der Waals surface area contributed by atoms with Crippen molar-refractivity contribution in [3.05, 3.63) is 70.3 Å². The zero-order valence-corrected chi connectivity index (χ0v) is 15.9. The van der Waals surface area contributed by atoms with E-state index < -0.39 is 10.0 Å². The van der Waals surface area contributed by atoms with Crippen molar-refractivity contribution in [2.45, 2.75) is 57.7 Å². The molecular weight excluding hydrogens is 330 g/mol. The zero-order valence-electron chi connectivity index (χ0n) is 15.1. The van der Waals surface area contributed by atoms with Crippen molar-refractivity contribution < 1.29 is 8.42 Å². The van der Waals surface area contributed by atoms with Crippen LogP contribution < -0.4 is 4.72 Å². The minimum Gasteiger partial charge on any atom is -0.212 e. The summed E-state index contributed by atoms with van der Waals surface area (Å²) in [5.41, 5.74) is 5.84. The van der Waals surface area contributed by atoms with Crippen LogP contribution >= 0.6 is 0 Å². The van der Waals surface area contributed by atoms with E-state index in [1.165, 1.54) is 24.0 Å². The summed E-state index contributed by atoms with van der Waals surface area (Å²) in [6, 6.07) is 14.0. The molecule has 1 atom stereocenters. The van der Waals surface area contributed by atoms with Crippen LogP contribution in [-0.4, -0.2) is 8.42 Å². The van der Waals surface area contributed by atoms with E-state index in [0.717, 1.165) is 36.0 Å². The maximum Gasteiger partial charge on any atom is 0.216 e. The van der Waals surface area contributed by atoms with Gasteiger partial charge in [-0.25, -0.2) is 13.1 Å². The average molecular weight is 358 g/mol. The van der Waals surface area contributed by atoms with Gasteiger partial charge in [0.05, 0.1) is 5.75 Å². The van der Waals surface area contributed by atoms with Gasteiger partial charge in [-0.15, -0.1) is 0 Å². The van der Waals surface area contributed by atoms with Crippen LogP contribution in [0.4, 0.5) is 0 Å². The van der Waals surface area contributed by atoms with Gasteiger partial charge in [0.1, 0.15) is 0 Å². The van der Waals surface area contributed by atoms with Crippen LogP contribution in [0, 0.1) is 6.92 Å². The van der Waals surface area contributed by atoms with Crippen molar-refractivity contribution in [3.8, 4) is 0 Å². The number of nitrogens with one attached hydrogen (secondary N) is 1. The Kier molecular flexibility index (Phi) is 5.60. The van der Waals surface area contributed by atoms with E-state index in [-0.39, 0.29) is 11.8 Å². The Hall–Kier alpha value is -1.65. The molecule has 2 aromatic carbocycles. The van der Waals surface area contributed by atoms with Crippen molar-refractivity contribution in [2.75, 3.05) is 0 Å². The lowest BCUT2D eigenvalue weighted by atomic mass is 9.89. The molecule has 0 heterocycles. The third-order valence-electron chi connectivity index (χ3n) is 4.98. The Labute approximate surface area is 151 Å². The Morgan fingerprint density at radius 2 is 1.68 bits per heavy atom. The van der Waals surface area contributed by atoms with Gasteiger partial charge in [0.25, 0.3) is 0 Å². The van der Waals surface area contributed by atoms with E-state index in [4.69, 9.17) is 0 Å².